The summed E-state index contributed by atoms with van der Waals surface area (Å²) in [5.74, 6) is 3.21. The Balaban J connectivity index is 1.26. The van der Waals surface area contributed by atoms with Crippen molar-refractivity contribution in [3.05, 3.63) is 35.5 Å². The molecule has 1 fully saturated rings. The third-order valence-electron chi connectivity index (χ3n) is 5.11. The van der Waals surface area contributed by atoms with E-state index >= 15 is 0 Å². The molecule has 2 aromatic heterocycles. The van der Waals surface area contributed by atoms with E-state index in [1.165, 1.54) is 6.42 Å². The Morgan fingerprint density at radius 3 is 2.96 bits per heavy atom. The van der Waals surface area contributed by atoms with Crippen LogP contribution < -0.4 is 4.74 Å². The molecular formula is C18H22N6O. The maximum atomic E-state index is 9.09. The molecule has 7 heteroatoms. The summed E-state index contributed by atoms with van der Waals surface area (Å²) >= 11 is 0. The van der Waals surface area contributed by atoms with Crippen LogP contribution in [0.3, 0.4) is 0 Å². The van der Waals surface area contributed by atoms with Crippen LogP contribution in [0, 0.1) is 17.2 Å². The molecule has 2 aliphatic heterocycles. The minimum atomic E-state index is 0.450. The Morgan fingerprint density at radius 1 is 1.24 bits per heavy atom. The molecule has 0 saturated carbocycles. The maximum Gasteiger partial charge on any atom is 0.231 e. The van der Waals surface area contributed by atoms with Crippen molar-refractivity contribution >= 4 is 0 Å². The number of nitriles is 1. The van der Waals surface area contributed by atoms with Gasteiger partial charge in [0, 0.05) is 19.2 Å². The van der Waals surface area contributed by atoms with Crippen LogP contribution in [0.25, 0.3) is 0 Å². The summed E-state index contributed by atoms with van der Waals surface area (Å²) in [4.78, 5) is 6.61. The van der Waals surface area contributed by atoms with Gasteiger partial charge in [-0.25, -0.2) is 4.98 Å². The molecule has 25 heavy (non-hydrogen) atoms. The van der Waals surface area contributed by atoms with Crippen LogP contribution in [-0.2, 0) is 19.5 Å². The summed E-state index contributed by atoms with van der Waals surface area (Å²) in [6, 6.07) is 5.62. The third kappa shape index (κ3) is 3.49. The topological polar surface area (TPSA) is 79.9 Å². The summed E-state index contributed by atoms with van der Waals surface area (Å²) in [6.45, 7) is 4.67. The summed E-state index contributed by atoms with van der Waals surface area (Å²) < 4.78 is 8.07. The van der Waals surface area contributed by atoms with Gasteiger partial charge >= 0.3 is 0 Å². The molecule has 4 heterocycles. The van der Waals surface area contributed by atoms with Gasteiger partial charge in [-0.2, -0.15) is 5.26 Å². The van der Waals surface area contributed by atoms with Crippen LogP contribution in [-0.4, -0.2) is 44.3 Å². The van der Waals surface area contributed by atoms with Gasteiger partial charge in [-0.05, 0) is 50.4 Å². The molecule has 0 radical (unpaired) electrons. The number of hydrogen-bond acceptors (Lipinski definition) is 6. The quantitative estimate of drug-likeness (QED) is 0.827. The van der Waals surface area contributed by atoms with Crippen molar-refractivity contribution in [2.75, 3.05) is 19.7 Å². The standard InChI is InChI=1S/C18H22N6O/c19-11-15-3-1-7-20-18(15)25-13-14-5-9-23(10-6-14)12-17-22-21-16-4-2-8-24(16)17/h1,3,7,14H,2,4-6,8-10,12-13H2. The van der Waals surface area contributed by atoms with Gasteiger partial charge in [0.15, 0.2) is 0 Å². The average molecular weight is 338 g/mol. The summed E-state index contributed by atoms with van der Waals surface area (Å²) in [7, 11) is 0. The predicted octanol–water partition coefficient (Wildman–Crippen LogP) is 1.78. The number of pyridine rings is 1. The van der Waals surface area contributed by atoms with Gasteiger partial charge in [0.2, 0.25) is 5.88 Å². The van der Waals surface area contributed by atoms with Crippen molar-refractivity contribution in [3.63, 3.8) is 0 Å². The number of nitrogens with zero attached hydrogens (tertiary/aromatic N) is 6. The van der Waals surface area contributed by atoms with Gasteiger partial charge in [0.1, 0.15) is 23.3 Å². The number of piperidine rings is 1. The van der Waals surface area contributed by atoms with Crippen molar-refractivity contribution in [2.45, 2.75) is 38.8 Å². The highest BCUT2D eigenvalue weighted by molar-refractivity contribution is 5.36. The minimum absolute atomic E-state index is 0.450. The lowest BCUT2D eigenvalue weighted by Gasteiger charge is -2.31. The van der Waals surface area contributed by atoms with E-state index in [0.717, 1.165) is 57.1 Å². The van der Waals surface area contributed by atoms with Crippen LogP contribution >= 0.6 is 0 Å². The number of aromatic nitrogens is 4. The Labute approximate surface area is 147 Å². The maximum absolute atomic E-state index is 9.09. The first-order valence-corrected chi connectivity index (χ1v) is 8.94. The monoisotopic (exact) mass is 338 g/mol. The van der Waals surface area contributed by atoms with Gasteiger partial charge in [-0.3, -0.25) is 4.90 Å². The lowest BCUT2D eigenvalue weighted by molar-refractivity contribution is 0.131. The SMILES string of the molecule is N#Cc1cccnc1OCC1CCN(Cc2nnc3n2CCC3)CC1. The molecule has 0 spiro atoms. The van der Waals surface area contributed by atoms with Crippen LogP contribution in [0.15, 0.2) is 18.3 Å². The Bertz CT molecular complexity index is 772. The van der Waals surface area contributed by atoms with Crippen molar-refractivity contribution in [1.29, 1.82) is 5.26 Å². The fourth-order valence-electron chi connectivity index (χ4n) is 3.63. The van der Waals surface area contributed by atoms with E-state index in [-0.39, 0.29) is 0 Å². The highest BCUT2D eigenvalue weighted by Gasteiger charge is 2.23. The zero-order valence-electron chi connectivity index (χ0n) is 14.3. The molecule has 4 rings (SSSR count). The van der Waals surface area contributed by atoms with Gasteiger partial charge in [0.05, 0.1) is 13.2 Å². The highest BCUT2D eigenvalue weighted by atomic mass is 16.5. The molecule has 2 aliphatic rings. The van der Waals surface area contributed by atoms with Crippen molar-refractivity contribution in [2.24, 2.45) is 5.92 Å². The third-order valence-corrected chi connectivity index (χ3v) is 5.11. The molecule has 130 valence electrons. The second-order valence-electron chi connectivity index (χ2n) is 6.79. The number of fused-ring (bicyclic) bond motifs is 1. The number of hydrogen-bond donors (Lipinski definition) is 0. The molecule has 0 bridgehead atoms. The van der Waals surface area contributed by atoms with Crippen LogP contribution in [0.1, 0.15) is 36.5 Å². The lowest BCUT2D eigenvalue weighted by atomic mass is 9.98. The van der Waals surface area contributed by atoms with Crippen molar-refractivity contribution in [3.8, 4) is 11.9 Å². The molecule has 0 aromatic carbocycles. The molecule has 0 unspecified atom stereocenters. The molecule has 0 atom stereocenters. The van der Waals surface area contributed by atoms with E-state index in [1.807, 2.05) is 0 Å². The predicted molar refractivity (Wildman–Crippen MR) is 90.8 cm³/mol. The molecule has 0 aliphatic carbocycles. The Kier molecular flexibility index (Phi) is 4.61. The minimum Gasteiger partial charge on any atom is -0.476 e. The summed E-state index contributed by atoms with van der Waals surface area (Å²) in [5, 5.41) is 17.7. The van der Waals surface area contributed by atoms with Crippen molar-refractivity contribution in [1.82, 2.24) is 24.6 Å². The molecular weight excluding hydrogens is 316 g/mol. The van der Waals surface area contributed by atoms with Gasteiger partial charge in [0.25, 0.3) is 0 Å². The largest absolute Gasteiger partial charge is 0.476 e. The van der Waals surface area contributed by atoms with Crippen LogP contribution in [0.2, 0.25) is 0 Å². The summed E-state index contributed by atoms with van der Waals surface area (Å²) in [6.07, 6.45) is 6.10. The average Bonchev–Trinajstić information content (AvgIpc) is 3.26. The smallest absolute Gasteiger partial charge is 0.231 e. The molecule has 0 amide bonds. The first-order chi connectivity index (χ1) is 12.3. The van der Waals surface area contributed by atoms with E-state index in [1.54, 1.807) is 18.3 Å². The Hall–Kier alpha value is -2.46. The van der Waals surface area contributed by atoms with Gasteiger partial charge in [-0.15, -0.1) is 10.2 Å². The second-order valence-corrected chi connectivity index (χ2v) is 6.79. The second kappa shape index (κ2) is 7.19. The zero-order chi connectivity index (χ0) is 17.1. The van der Waals surface area contributed by atoms with E-state index < -0.39 is 0 Å². The summed E-state index contributed by atoms with van der Waals surface area (Å²) in [5.41, 5.74) is 0.501. The van der Waals surface area contributed by atoms with E-state index in [2.05, 4.69) is 30.7 Å². The van der Waals surface area contributed by atoms with Gasteiger partial charge in [-0.1, -0.05) is 0 Å². The molecule has 7 nitrogen and oxygen atoms in total. The van der Waals surface area contributed by atoms with E-state index in [4.69, 9.17) is 10.00 Å². The normalized spacial score (nSPS) is 18.0. The number of rotatable bonds is 5. The highest BCUT2D eigenvalue weighted by Crippen LogP contribution is 2.22. The fourth-order valence-corrected chi connectivity index (χ4v) is 3.63. The zero-order valence-corrected chi connectivity index (χ0v) is 14.3. The fraction of sp³-hybridized carbons (Fsp3) is 0.556. The first kappa shape index (κ1) is 16.0. The van der Waals surface area contributed by atoms with Gasteiger partial charge < -0.3 is 9.30 Å². The van der Waals surface area contributed by atoms with E-state index in [9.17, 15) is 0 Å². The van der Waals surface area contributed by atoms with Crippen molar-refractivity contribution < 1.29 is 4.74 Å². The molecule has 0 N–H and O–H groups in total. The van der Waals surface area contributed by atoms with E-state index in [0.29, 0.717) is 24.0 Å². The number of likely N-dealkylation sites (tertiary alicyclic amines) is 1. The first-order valence-electron chi connectivity index (χ1n) is 8.94. The number of aryl methyl sites for hydroxylation is 1. The molecule has 2 aromatic rings. The Morgan fingerprint density at radius 2 is 2.12 bits per heavy atom. The molecule has 1 saturated heterocycles. The number of ether oxygens (including phenoxy) is 1. The van der Waals surface area contributed by atoms with Crippen LogP contribution in [0.5, 0.6) is 5.88 Å². The lowest BCUT2D eigenvalue weighted by Crippen LogP contribution is -2.35. The van der Waals surface area contributed by atoms with Crippen LogP contribution in [0.4, 0.5) is 0 Å².